The maximum atomic E-state index is 4.73. The molecule has 6 heteroatoms. The van der Waals surface area contributed by atoms with E-state index in [0.29, 0.717) is 0 Å². The minimum Gasteiger partial charge on any atom is -0.357 e. The molecule has 0 aliphatic carbocycles. The minimum absolute atomic E-state index is 0.819. The highest BCUT2D eigenvalue weighted by Crippen LogP contribution is 2.25. The van der Waals surface area contributed by atoms with Crippen LogP contribution in [0.2, 0.25) is 0 Å². The lowest BCUT2D eigenvalue weighted by atomic mass is 10.2. The molecule has 0 amide bonds. The van der Waals surface area contributed by atoms with Gasteiger partial charge in [-0.25, -0.2) is 9.97 Å². The number of aryl methyl sites for hydroxylation is 1. The van der Waals surface area contributed by atoms with Crippen LogP contribution < -0.4 is 5.32 Å². The number of H-pyrrole nitrogens is 2. The Kier molecular flexibility index (Phi) is 3.86. The zero-order valence-corrected chi connectivity index (χ0v) is 13.6. The number of benzene rings is 1. The molecule has 6 nitrogen and oxygen atoms in total. The van der Waals surface area contributed by atoms with Crippen LogP contribution in [-0.4, -0.2) is 25.1 Å². The second kappa shape index (κ2) is 6.31. The number of nitrogens with one attached hydrogen (secondary N) is 3. The molecule has 4 aromatic rings. The number of nitrogens with zero attached hydrogens (tertiary/aromatic N) is 3. The SMILES string of the molecule is CCCCCc1nc(Nc2ccc3[nH]ncc3c2)c2[nH]ccc2n1. The van der Waals surface area contributed by atoms with Crippen LogP contribution in [0.4, 0.5) is 11.5 Å². The number of hydrogen-bond donors (Lipinski definition) is 3. The fourth-order valence-corrected chi connectivity index (χ4v) is 2.89. The summed E-state index contributed by atoms with van der Waals surface area (Å²) in [7, 11) is 0. The van der Waals surface area contributed by atoms with Gasteiger partial charge >= 0.3 is 0 Å². The summed E-state index contributed by atoms with van der Waals surface area (Å²) in [5, 5.41) is 11.5. The maximum absolute atomic E-state index is 4.73. The van der Waals surface area contributed by atoms with Crippen molar-refractivity contribution in [3.63, 3.8) is 0 Å². The van der Waals surface area contributed by atoms with E-state index in [-0.39, 0.29) is 0 Å². The average molecular weight is 320 g/mol. The molecular formula is C18H20N6. The van der Waals surface area contributed by atoms with Gasteiger partial charge in [0, 0.05) is 23.7 Å². The molecule has 0 saturated heterocycles. The molecule has 3 aromatic heterocycles. The summed E-state index contributed by atoms with van der Waals surface area (Å²) < 4.78 is 0. The van der Waals surface area contributed by atoms with Crippen LogP contribution in [0.3, 0.4) is 0 Å². The van der Waals surface area contributed by atoms with Gasteiger partial charge in [-0.2, -0.15) is 5.10 Å². The highest BCUT2D eigenvalue weighted by molar-refractivity contribution is 5.89. The third-order valence-corrected chi connectivity index (χ3v) is 4.16. The fraction of sp³-hybridized carbons (Fsp3) is 0.278. The Balaban J connectivity index is 1.67. The molecule has 0 unspecified atom stereocenters. The minimum atomic E-state index is 0.819. The van der Waals surface area contributed by atoms with Gasteiger partial charge in [0.25, 0.3) is 0 Å². The van der Waals surface area contributed by atoms with Crippen molar-refractivity contribution in [2.24, 2.45) is 0 Å². The average Bonchev–Trinajstić information content (AvgIpc) is 3.23. The molecule has 4 rings (SSSR count). The third kappa shape index (κ3) is 2.82. The van der Waals surface area contributed by atoms with E-state index in [0.717, 1.165) is 52.1 Å². The van der Waals surface area contributed by atoms with E-state index in [1.165, 1.54) is 12.8 Å². The van der Waals surface area contributed by atoms with Gasteiger partial charge < -0.3 is 10.3 Å². The zero-order valence-electron chi connectivity index (χ0n) is 13.6. The Hall–Kier alpha value is -2.89. The number of aromatic amines is 2. The maximum Gasteiger partial charge on any atom is 0.158 e. The first-order valence-corrected chi connectivity index (χ1v) is 8.37. The Morgan fingerprint density at radius 3 is 3.00 bits per heavy atom. The fourth-order valence-electron chi connectivity index (χ4n) is 2.89. The van der Waals surface area contributed by atoms with E-state index in [1.807, 2.05) is 30.6 Å². The van der Waals surface area contributed by atoms with Gasteiger partial charge in [-0.3, -0.25) is 5.10 Å². The highest BCUT2D eigenvalue weighted by Gasteiger charge is 2.09. The molecule has 1 aromatic carbocycles. The van der Waals surface area contributed by atoms with E-state index >= 15 is 0 Å². The molecule has 3 heterocycles. The van der Waals surface area contributed by atoms with Crippen molar-refractivity contribution in [3.8, 4) is 0 Å². The largest absolute Gasteiger partial charge is 0.357 e. The number of fused-ring (bicyclic) bond motifs is 2. The van der Waals surface area contributed by atoms with E-state index in [4.69, 9.17) is 4.98 Å². The summed E-state index contributed by atoms with van der Waals surface area (Å²) in [6, 6.07) is 8.09. The number of anilines is 2. The first-order valence-electron chi connectivity index (χ1n) is 8.37. The Bertz CT molecular complexity index is 968. The summed E-state index contributed by atoms with van der Waals surface area (Å²) in [6.07, 6.45) is 8.15. The summed E-state index contributed by atoms with van der Waals surface area (Å²) >= 11 is 0. The first-order chi connectivity index (χ1) is 11.8. The molecule has 0 bridgehead atoms. The summed E-state index contributed by atoms with van der Waals surface area (Å²) in [6.45, 7) is 2.20. The van der Waals surface area contributed by atoms with Crippen molar-refractivity contribution in [2.75, 3.05) is 5.32 Å². The summed E-state index contributed by atoms with van der Waals surface area (Å²) in [4.78, 5) is 12.6. The number of unbranched alkanes of at least 4 members (excludes halogenated alkanes) is 2. The molecule has 122 valence electrons. The molecule has 0 aliphatic heterocycles. The lowest BCUT2D eigenvalue weighted by molar-refractivity contribution is 0.696. The molecule has 0 atom stereocenters. The molecule has 0 fully saturated rings. The molecular weight excluding hydrogens is 300 g/mol. The molecule has 24 heavy (non-hydrogen) atoms. The smallest absolute Gasteiger partial charge is 0.158 e. The summed E-state index contributed by atoms with van der Waals surface area (Å²) in [5.41, 5.74) is 3.89. The van der Waals surface area contributed by atoms with Gasteiger partial charge in [-0.15, -0.1) is 0 Å². The van der Waals surface area contributed by atoms with E-state index < -0.39 is 0 Å². The molecule has 0 spiro atoms. The van der Waals surface area contributed by atoms with Gasteiger partial charge in [0.15, 0.2) is 5.82 Å². The van der Waals surface area contributed by atoms with Gasteiger partial charge in [-0.05, 0) is 30.7 Å². The standard InChI is InChI=1S/C18H20N6/c1-2-3-4-5-16-22-15-8-9-19-17(15)18(23-16)21-13-6-7-14-12(10-13)11-20-24-14/h6-11,19H,2-5H2,1H3,(H,20,24)(H,21,22,23). The second-order valence-corrected chi connectivity index (χ2v) is 5.98. The predicted molar refractivity (Wildman–Crippen MR) is 96.5 cm³/mol. The van der Waals surface area contributed by atoms with Crippen molar-refractivity contribution in [1.82, 2.24) is 25.1 Å². The molecule has 0 radical (unpaired) electrons. The van der Waals surface area contributed by atoms with Crippen molar-refractivity contribution < 1.29 is 0 Å². The normalized spacial score (nSPS) is 11.4. The molecule has 3 N–H and O–H groups in total. The Labute approximate surface area is 139 Å². The van der Waals surface area contributed by atoms with Crippen molar-refractivity contribution >= 4 is 33.4 Å². The van der Waals surface area contributed by atoms with Crippen LogP contribution in [0.5, 0.6) is 0 Å². The monoisotopic (exact) mass is 320 g/mol. The Morgan fingerprint density at radius 1 is 1.12 bits per heavy atom. The zero-order chi connectivity index (χ0) is 16.4. The number of hydrogen-bond acceptors (Lipinski definition) is 4. The van der Waals surface area contributed by atoms with E-state index in [2.05, 4.69) is 38.5 Å². The van der Waals surface area contributed by atoms with E-state index in [9.17, 15) is 0 Å². The quantitative estimate of drug-likeness (QED) is 0.462. The molecule has 0 aliphatic rings. The van der Waals surface area contributed by atoms with Crippen molar-refractivity contribution in [3.05, 3.63) is 42.5 Å². The summed E-state index contributed by atoms with van der Waals surface area (Å²) in [5.74, 6) is 1.71. The first kappa shape index (κ1) is 14.7. The predicted octanol–water partition coefficient (Wildman–Crippen LogP) is 4.31. The van der Waals surface area contributed by atoms with Crippen molar-refractivity contribution in [1.29, 1.82) is 0 Å². The van der Waals surface area contributed by atoms with Crippen LogP contribution in [0.15, 0.2) is 36.7 Å². The number of rotatable bonds is 6. The van der Waals surface area contributed by atoms with Crippen LogP contribution in [0.1, 0.15) is 32.0 Å². The van der Waals surface area contributed by atoms with Crippen molar-refractivity contribution in [2.45, 2.75) is 32.6 Å². The third-order valence-electron chi connectivity index (χ3n) is 4.16. The highest BCUT2D eigenvalue weighted by atomic mass is 15.1. The second-order valence-electron chi connectivity index (χ2n) is 5.98. The lowest BCUT2D eigenvalue weighted by Gasteiger charge is -2.09. The van der Waals surface area contributed by atoms with Crippen LogP contribution in [-0.2, 0) is 6.42 Å². The van der Waals surface area contributed by atoms with Crippen LogP contribution in [0.25, 0.3) is 21.9 Å². The van der Waals surface area contributed by atoms with Gasteiger partial charge in [0.2, 0.25) is 0 Å². The topological polar surface area (TPSA) is 82.3 Å². The van der Waals surface area contributed by atoms with Gasteiger partial charge in [-0.1, -0.05) is 19.8 Å². The van der Waals surface area contributed by atoms with Gasteiger partial charge in [0.05, 0.1) is 17.2 Å². The van der Waals surface area contributed by atoms with Crippen LogP contribution in [0, 0.1) is 0 Å². The lowest BCUT2D eigenvalue weighted by Crippen LogP contribution is -2.01. The Morgan fingerprint density at radius 2 is 2.08 bits per heavy atom. The molecule has 0 saturated carbocycles. The van der Waals surface area contributed by atoms with Crippen LogP contribution >= 0.6 is 0 Å². The number of aromatic nitrogens is 5. The van der Waals surface area contributed by atoms with Gasteiger partial charge in [0.1, 0.15) is 11.3 Å². The van der Waals surface area contributed by atoms with E-state index in [1.54, 1.807) is 0 Å².